The lowest BCUT2D eigenvalue weighted by molar-refractivity contribution is 0.666. The lowest BCUT2D eigenvalue weighted by Crippen LogP contribution is -2.52. The second-order valence-electron chi connectivity index (χ2n) is 11.1. The van der Waals surface area contributed by atoms with Gasteiger partial charge >= 0.3 is 0 Å². The van der Waals surface area contributed by atoms with E-state index < -0.39 is 8.07 Å². The van der Waals surface area contributed by atoms with Crippen molar-refractivity contribution >= 4 is 62.3 Å². The van der Waals surface area contributed by atoms with Gasteiger partial charge in [-0.3, -0.25) is 9.97 Å². The molecule has 4 heterocycles. The van der Waals surface area contributed by atoms with Crippen molar-refractivity contribution in [3.63, 3.8) is 0 Å². The largest absolute Gasteiger partial charge is 0.454 e. The summed E-state index contributed by atoms with van der Waals surface area (Å²) in [5, 5.41) is 7.13. The quantitative estimate of drug-likeness (QED) is 0.208. The highest BCUT2D eigenvalue weighted by molar-refractivity contribution is 7.00. The van der Waals surface area contributed by atoms with Gasteiger partial charge in [0.25, 0.3) is 0 Å². The zero-order valence-corrected chi connectivity index (χ0v) is 23.8. The molecule has 4 aromatic carbocycles. The fourth-order valence-electron chi connectivity index (χ4n) is 5.88. The summed E-state index contributed by atoms with van der Waals surface area (Å²) >= 11 is 0. The molecule has 0 unspecified atom stereocenters. The summed E-state index contributed by atoms with van der Waals surface area (Å²) < 4.78 is 12.0. The van der Waals surface area contributed by atoms with E-state index in [1.807, 2.05) is 48.8 Å². The molecule has 0 amide bonds. The van der Waals surface area contributed by atoms with Crippen molar-refractivity contribution in [2.24, 2.45) is 0 Å². The lowest BCUT2D eigenvalue weighted by atomic mass is 10.1. The van der Waals surface area contributed by atoms with Crippen LogP contribution < -0.4 is 10.4 Å². The Balaban J connectivity index is 1.18. The zero-order chi connectivity index (χ0) is 27.6. The average molecular weight is 547 g/mol. The summed E-state index contributed by atoms with van der Waals surface area (Å²) in [5.74, 6) is 0. The third kappa shape index (κ3) is 3.89. The molecule has 0 spiro atoms. The van der Waals surface area contributed by atoms with E-state index in [0.717, 1.165) is 66.4 Å². The Kier molecular flexibility index (Phi) is 5.24. The van der Waals surface area contributed by atoms with Crippen LogP contribution in [0.5, 0.6) is 0 Å². The van der Waals surface area contributed by atoms with Crippen LogP contribution in [-0.2, 0) is 0 Å². The second kappa shape index (κ2) is 9.01. The van der Waals surface area contributed by atoms with Gasteiger partial charge in [0.05, 0.1) is 23.8 Å². The first-order chi connectivity index (χ1) is 20.0. The second-order valence-corrected chi connectivity index (χ2v) is 15.5. The van der Waals surface area contributed by atoms with Crippen molar-refractivity contribution in [2.75, 3.05) is 0 Å². The summed E-state index contributed by atoms with van der Waals surface area (Å²) in [6, 6.07) is 38.4. The van der Waals surface area contributed by atoms with Crippen molar-refractivity contribution in [1.29, 1.82) is 0 Å². The van der Waals surface area contributed by atoms with Crippen molar-refractivity contribution < 1.29 is 8.83 Å². The third-order valence-corrected chi connectivity index (χ3v) is 11.8. The molecule has 8 rings (SSSR count). The molecule has 4 nitrogen and oxygen atoms in total. The first-order valence-electron chi connectivity index (χ1n) is 13.8. The van der Waals surface area contributed by atoms with E-state index in [-0.39, 0.29) is 0 Å². The third-order valence-electron chi connectivity index (χ3n) is 8.29. The molecule has 0 aliphatic carbocycles. The van der Waals surface area contributed by atoms with Gasteiger partial charge in [0.15, 0.2) is 11.2 Å². The van der Waals surface area contributed by atoms with Crippen LogP contribution in [0.1, 0.15) is 0 Å². The van der Waals surface area contributed by atoms with Crippen molar-refractivity contribution in [1.82, 2.24) is 9.97 Å². The molecule has 4 aromatic heterocycles. The number of benzene rings is 4. The highest BCUT2D eigenvalue weighted by atomic mass is 28.3. The Morgan fingerprint density at radius 1 is 0.463 bits per heavy atom. The molecule has 0 fully saturated rings. The molecular formula is C36H26N2O2Si. The molecule has 196 valence electrons. The number of furan rings is 2. The van der Waals surface area contributed by atoms with Crippen LogP contribution in [0.3, 0.4) is 0 Å². The fourth-order valence-corrected chi connectivity index (χ4v) is 8.27. The van der Waals surface area contributed by atoms with Gasteiger partial charge in [-0.15, -0.1) is 0 Å². The molecule has 0 aliphatic rings. The maximum Gasteiger partial charge on any atom is 0.153 e. The molecule has 0 N–H and O–H groups in total. The van der Waals surface area contributed by atoms with Gasteiger partial charge in [0.2, 0.25) is 0 Å². The maximum absolute atomic E-state index is 6.00. The van der Waals surface area contributed by atoms with Crippen LogP contribution >= 0.6 is 0 Å². The molecule has 5 heteroatoms. The molecule has 41 heavy (non-hydrogen) atoms. The Bertz CT molecular complexity index is 2100. The smallest absolute Gasteiger partial charge is 0.153 e. The number of pyridine rings is 2. The minimum absolute atomic E-state index is 0.813. The standard InChI is InChI=1S/C36H26N2O2Si/c1-41(2,25-11-7-9-23(17-25)31-19-29-27-13-3-5-15-33(27)39-35(29)21-37-31)26-12-8-10-24(18-26)32-20-30-28-14-4-6-16-34(28)40-36(30)22-38-32/h3-22H,1-2H3. The maximum atomic E-state index is 6.00. The van der Waals surface area contributed by atoms with Gasteiger partial charge in [-0.2, -0.15) is 0 Å². The summed E-state index contributed by atoms with van der Waals surface area (Å²) in [4.78, 5) is 9.54. The van der Waals surface area contributed by atoms with Gasteiger partial charge in [0.1, 0.15) is 19.2 Å². The van der Waals surface area contributed by atoms with E-state index >= 15 is 0 Å². The van der Waals surface area contributed by atoms with Gasteiger partial charge in [0, 0.05) is 32.7 Å². The summed E-state index contributed by atoms with van der Waals surface area (Å²) in [7, 11) is -2.05. The van der Waals surface area contributed by atoms with Gasteiger partial charge < -0.3 is 8.83 Å². The van der Waals surface area contributed by atoms with Gasteiger partial charge in [-0.05, 0) is 24.3 Å². The van der Waals surface area contributed by atoms with E-state index in [1.165, 1.54) is 10.4 Å². The van der Waals surface area contributed by atoms with Crippen LogP contribution in [-0.4, -0.2) is 18.0 Å². The summed E-state index contributed by atoms with van der Waals surface area (Å²) in [6.45, 7) is 4.82. The predicted octanol–water partition coefficient (Wildman–Crippen LogP) is 8.43. The van der Waals surface area contributed by atoms with Crippen molar-refractivity contribution in [3.05, 3.63) is 122 Å². The number of fused-ring (bicyclic) bond motifs is 6. The minimum atomic E-state index is -2.05. The monoisotopic (exact) mass is 546 g/mol. The highest BCUT2D eigenvalue weighted by Crippen LogP contribution is 2.32. The molecule has 8 aromatic rings. The van der Waals surface area contributed by atoms with Crippen LogP contribution in [0, 0.1) is 0 Å². The molecule has 0 saturated heterocycles. The number of rotatable bonds is 4. The molecule has 0 bridgehead atoms. The Hall–Kier alpha value is -5.00. The lowest BCUT2D eigenvalue weighted by Gasteiger charge is -2.25. The normalized spacial score (nSPS) is 12.1. The molecule has 0 atom stereocenters. The van der Waals surface area contributed by atoms with Crippen molar-refractivity contribution in [2.45, 2.75) is 13.1 Å². The van der Waals surface area contributed by atoms with E-state index in [1.54, 1.807) is 0 Å². The Morgan fingerprint density at radius 3 is 1.41 bits per heavy atom. The van der Waals surface area contributed by atoms with E-state index in [0.29, 0.717) is 0 Å². The fraction of sp³-hybridized carbons (Fsp3) is 0.0556. The Morgan fingerprint density at radius 2 is 0.927 bits per heavy atom. The molecule has 0 saturated carbocycles. The van der Waals surface area contributed by atoms with Crippen molar-refractivity contribution in [3.8, 4) is 22.5 Å². The number of aromatic nitrogens is 2. The van der Waals surface area contributed by atoms with Gasteiger partial charge in [-0.1, -0.05) is 108 Å². The van der Waals surface area contributed by atoms with Crippen LogP contribution in [0.25, 0.3) is 66.4 Å². The summed E-state index contributed by atoms with van der Waals surface area (Å²) in [6.07, 6.45) is 3.69. The molecule has 0 aliphatic heterocycles. The first-order valence-corrected chi connectivity index (χ1v) is 16.8. The minimum Gasteiger partial charge on any atom is -0.454 e. The number of nitrogens with zero attached hydrogens (tertiary/aromatic N) is 2. The van der Waals surface area contributed by atoms with E-state index in [9.17, 15) is 0 Å². The van der Waals surface area contributed by atoms with E-state index in [4.69, 9.17) is 18.8 Å². The molecule has 0 radical (unpaired) electrons. The number of para-hydroxylation sites is 2. The van der Waals surface area contributed by atoms with Gasteiger partial charge in [-0.25, -0.2) is 0 Å². The summed E-state index contributed by atoms with van der Waals surface area (Å²) in [5.41, 5.74) is 7.54. The predicted molar refractivity (Wildman–Crippen MR) is 171 cm³/mol. The van der Waals surface area contributed by atoms with Crippen LogP contribution in [0.2, 0.25) is 13.1 Å². The van der Waals surface area contributed by atoms with E-state index in [2.05, 4.69) is 85.9 Å². The zero-order valence-electron chi connectivity index (χ0n) is 22.8. The molecular weight excluding hydrogens is 520 g/mol. The first kappa shape index (κ1) is 23.8. The van der Waals surface area contributed by atoms with Crippen LogP contribution in [0.15, 0.2) is 130 Å². The number of hydrogen-bond acceptors (Lipinski definition) is 4. The Labute approximate surface area is 237 Å². The average Bonchev–Trinajstić information content (AvgIpc) is 3.59. The highest BCUT2D eigenvalue weighted by Gasteiger charge is 2.27. The number of hydrogen-bond donors (Lipinski definition) is 0. The van der Waals surface area contributed by atoms with Crippen LogP contribution in [0.4, 0.5) is 0 Å². The SMILES string of the molecule is C[Si](C)(c1cccc(-c2cc3c(cn2)oc2ccccc23)c1)c1cccc(-c2cc3c(cn2)oc2ccccc23)c1. The topological polar surface area (TPSA) is 52.1 Å².